The van der Waals surface area contributed by atoms with E-state index in [2.05, 4.69) is 40.7 Å². The standard InChI is InChI=1S/C16H30N4O/c1-4-6-17-14(12-16-18-7-9-19(16)3)15-13-20(8-5-2)10-11-21-15/h7,9,14-15,17H,4-6,8,10-13H2,1-3H3. The molecule has 2 unspecified atom stereocenters. The van der Waals surface area contributed by atoms with Crippen LogP contribution in [-0.4, -0.2) is 59.4 Å². The SMILES string of the molecule is CCCNC(Cc1nccn1C)C1CN(CCC)CCO1. The van der Waals surface area contributed by atoms with E-state index in [-0.39, 0.29) is 6.10 Å². The van der Waals surface area contributed by atoms with E-state index in [0.717, 1.165) is 44.9 Å². The van der Waals surface area contributed by atoms with Crippen LogP contribution < -0.4 is 5.32 Å². The Morgan fingerprint density at radius 2 is 2.29 bits per heavy atom. The molecule has 1 aromatic rings. The number of hydrogen-bond donors (Lipinski definition) is 1. The molecule has 2 rings (SSSR count). The highest BCUT2D eigenvalue weighted by Crippen LogP contribution is 2.13. The van der Waals surface area contributed by atoms with Crippen LogP contribution in [0, 0.1) is 0 Å². The van der Waals surface area contributed by atoms with Gasteiger partial charge >= 0.3 is 0 Å². The van der Waals surface area contributed by atoms with Gasteiger partial charge < -0.3 is 14.6 Å². The van der Waals surface area contributed by atoms with Crippen molar-refractivity contribution in [3.63, 3.8) is 0 Å². The number of nitrogens with one attached hydrogen (secondary N) is 1. The lowest BCUT2D eigenvalue weighted by atomic mass is 10.0. The largest absolute Gasteiger partial charge is 0.374 e. The molecule has 0 aliphatic carbocycles. The molecule has 1 aliphatic rings. The maximum Gasteiger partial charge on any atom is 0.110 e. The fraction of sp³-hybridized carbons (Fsp3) is 0.812. The van der Waals surface area contributed by atoms with Gasteiger partial charge in [-0.1, -0.05) is 13.8 Å². The molecule has 0 radical (unpaired) electrons. The number of ether oxygens (including phenoxy) is 1. The molecule has 0 aromatic carbocycles. The van der Waals surface area contributed by atoms with Crippen LogP contribution in [0.2, 0.25) is 0 Å². The van der Waals surface area contributed by atoms with Gasteiger partial charge in [-0.25, -0.2) is 4.98 Å². The van der Waals surface area contributed by atoms with E-state index in [9.17, 15) is 0 Å². The molecule has 1 saturated heterocycles. The second-order valence-corrected chi connectivity index (χ2v) is 5.93. The van der Waals surface area contributed by atoms with Crippen molar-refractivity contribution in [3.05, 3.63) is 18.2 Å². The third-order valence-corrected chi connectivity index (χ3v) is 4.15. The zero-order valence-electron chi connectivity index (χ0n) is 13.7. The van der Waals surface area contributed by atoms with Crippen LogP contribution in [0.5, 0.6) is 0 Å². The Morgan fingerprint density at radius 1 is 1.43 bits per heavy atom. The molecule has 1 N–H and O–H groups in total. The fourth-order valence-electron chi connectivity index (χ4n) is 2.95. The number of nitrogens with zero attached hydrogens (tertiary/aromatic N) is 3. The lowest BCUT2D eigenvalue weighted by Gasteiger charge is -2.37. The lowest BCUT2D eigenvalue weighted by molar-refractivity contribution is -0.0465. The van der Waals surface area contributed by atoms with Gasteiger partial charge in [0.15, 0.2) is 0 Å². The van der Waals surface area contributed by atoms with Gasteiger partial charge in [0.05, 0.1) is 12.7 Å². The molecule has 5 nitrogen and oxygen atoms in total. The first-order chi connectivity index (χ1) is 10.2. The third kappa shape index (κ3) is 4.80. The van der Waals surface area contributed by atoms with Crippen LogP contribution in [0.1, 0.15) is 32.5 Å². The minimum absolute atomic E-state index is 0.258. The second-order valence-electron chi connectivity index (χ2n) is 5.93. The maximum atomic E-state index is 6.06. The average Bonchev–Trinajstić information content (AvgIpc) is 2.89. The highest BCUT2D eigenvalue weighted by atomic mass is 16.5. The molecule has 21 heavy (non-hydrogen) atoms. The van der Waals surface area contributed by atoms with Gasteiger partial charge in [0.2, 0.25) is 0 Å². The van der Waals surface area contributed by atoms with Crippen molar-refractivity contribution in [2.24, 2.45) is 7.05 Å². The number of morpholine rings is 1. The highest BCUT2D eigenvalue weighted by Gasteiger charge is 2.28. The zero-order valence-corrected chi connectivity index (χ0v) is 13.7. The van der Waals surface area contributed by atoms with Gasteiger partial charge in [0.1, 0.15) is 5.82 Å². The molecular formula is C16H30N4O. The quantitative estimate of drug-likeness (QED) is 0.788. The molecule has 2 atom stereocenters. The van der Waals surface area contributed by atoms with Gasteiger partial charge in [-0.2, -0.15) is 0 Å². The number of imidazole rings is 1. The summed E-state index contributed by atoms with van der Waals surface area (Å²) >= 11 is 0. The van der Waals surface area contributed by atoms with E-state index in [4.69, 9.17) is 4.74 Å². The smallest absolute Gasteiger partial charge is 0.110 e. The normalized spacial score (nSPS) is 21.6. The number of aryl methyl sites for hydroxylation is 1. The average molecular weight is 294 g/mol. The van der Waals surface area contributed by atoms with Crippen LogP contribution in [0.15, 0.2) is 12.4 Å². The Bertz CT molecular complexity index is 405. The highest BCUT2D eigenvalue weighted by molar-refractivity contribution is 4.97. The molecule has 0 spiro atoms. The van der Waals surface area contributed by atoms with E-state index in [1.165, 1.54) is 13.0 Å². The Morgan fingerprint density at radius 3 is 2.95 bits per heavy atom. The van der Waals surface area contributed by atoms with Crippen molar-refractivity contribution in [2.45, 2.75) is 45.3 Å². The maximum absolute atomic E-state index is 6.06. The summed E-state index contributed by atoms with van der Waals surface area (Å²) in [4.78, 5) is 6.99. The fourth-order valence-corrected chi connectivity index (χ4v) is 2.95. The van der Waals surface area contributed by atoms with Crippen LogP contribution in [0.4, 0.5) is 0 Å². The molecule has 120 valence electrons. The van der Waals surface area contributed by atoms with Crippen molar-refractivity contribution >= 4 is 0 Å². The number of hydrogen-bond acceptors (Lipinski definition) is 4. The van der Waals surface area contributed by atoms with Gasteiger partial charge in [-0.05, 0) is 25.9 Å². The first kappa shape index (κ1) is 16.5. The lowest BCUT2D eigenvalue weighted by Crippen LogP contribution is -2.53. The topological polar surface area (TPSA) is 42.3 Å². The van der Waals surface area contributed by atoms with Crippen molar-refractivity contribution in [1.82, 2.24) is 19.8 Å². The van der Waals surface area contributed by atoms with Crippen molar-refractivity contribution in [3.8, 4) is 0 Å². The van der Waals surface area contributed by atoms with Crippen LogP contribution in [0.3, 0.4) is 0 Å². The first-order valence-corrected chi connectivity index (χ1v) is 8.28. The minimum atomic E-state index is 0.258. The predicted octanol–water partition coefficient (Wildman–Crippen LogP) is 1.44. The van der Waals surface area contributed by atoms with Gasteiger partial charge in [0, 0.05) is 45.0 Å². The van der Waals surface area contributed by atoms with E-state index in [0.29, 0.717) is 6.04 Å². The summed E-state index contributed by atoms with van der Waals surface area (Å²) in [7, 11) is 2.06. The summed E-state index contributed by atoms with van der Waals surface area (Å²) < 4.78 is 8.17. The van der Waals surface area contributed by atoms with E-state index in [1.54, 1.807) is 0 Å². The van der Waals surface area contributed by atoms with Gasteiger partial charge in [-0.3, -0.25) is 4.90 Å². The summed E-state index contributed by atoms with van der Waals surface area (Å²) in [5.74, 6) is 1.12. The summed E-state index contributed by atoms with van der Waals surface area (Å²) in [6.45, 7) is 9.58. The first-order valence-electron chi connectivity index (χ1n) is 8.28. The predicted molar refractivity (Wildman–Crippen MR) is 85.5 cm³/mol. The van der Waals surface area contributed by atoms with E-state index >= 15 is 0 Å². The molecule has 2 heterocycles. The summed E-state index contributed by atoms with van der Waals surface area (Å²) in [5.41, 5.74) is 0. The van der Waals surface area contributed by atoms with Gasteiger partial charge in [0.25, 0.3) is 0 Å². The summed E-state index contributed by atoms with van der Waals surface area (Å²) in [6, 6.07) is 0.339. The molecule has 0 bridgehead atoms. The molecule has 1 fully saturated rings. The third-order valence-electron chi connectivity index (χ3n) is 4.15. The van der Waals surface area contributed by atoms with E-state index in [1.807, 2.05) is 12.4 Å². The Kier molecular flexibility index (Phi) is 6.67. The van der Waals surface area contributed by atoms with Crippen molar-refractivity contribution in [1.29, 1.82) is 0 Å². The molecule has 0 saturated carbocycles. The Labute approximate surface area is 128 Å². The Hall–Kier alpha value is -0.910. The second kappa shape index (κ2) is 8.51. The number of rotatable bonds is 8. The van der Waals surface area contributed by atoms with Crippen molar-refractivity contribution < 1.29 is 4.74 Å². The molecule has 1 aliphatic heterocycles. The van der Waals surface area contributed by atoms with Crippen LogP contribution in [0.25, 0.3) is 0 Å². The molecule has 1 aromatic heterocycles. The monoisotopic (exact) mass is 294 g/mol. The zero-order chi connectivity index (χ0) is 15.1. The molecular weight excluding hydrogens is 264 g/mol. The van der Waals surface area contributed by atoms with Crippen LogP contribution >= 0.6 is 0 Å². The summed E-state index contributed by atoms with van der Waals surface area (Å²) in [6.07, 6.45) is 7.42. The Balaban J connectivity index is 1.99. The molecule has 5 heteroatoms. The van der Waals surface area contributed by atoms with Crippen molar-refractivity contribution in [2.75, 3.05) is 32.8 Å². The number of aromatic nitrogens is 2. The van der Waals surface area contributed by atoms with E-state index < -0.39 is 0 Å². The van der Waals surface area contributed by atoms with Gasteiger partial charge in [-0.15, -0.1) is 0 Å². The van der Waals surface area contributed by atoms with Crippen LogP contribution in [-0.2, 0) is 18.2 Å². The molecule has 0 amide bonds. The minimum Gasteiger partial charge on any atom is -0.374 e. The summed E-state index contributed by atoms with van der Waals surface area (Å²) in [5, 5.41) is 3.66.